The molecule has 0 aromatic carbocycles. The maximum Gasteiger partial charge on any atom is 0.309 e. The molecule has 0 aromatic rings. The molecule has 0 aromatic heterocycles. The molecule has 2 fully saturated rings. The number of hydrogen-bond acceptors (Lipinski definition) is 3. The van der Waals surface area contributed by atoms with Crippen molar-refractivity contribution in [2.75, 3.05) is 19.7 Å². The van der Waals surface area contributed by atoms with Gasteiger partial charge in [0.25, 0.3) is 0 Å². The number of ether oxygens (including phenoxy) is 1. The van der Waals surface area contributed by atoms with Crippen molar-refractivity contribution >= 4 is 5.97 Å². The van der Waals surface area contributed by atoms with Gasteiger partial charge in [0.15, 0.2) is 0 Å². The van der Waals surface area contributed by atoms with Crippen LogP contribution >= 0.6 is 0 Å². The molecule has 1 saturated heterocycles. The number of carbonyl (C=O) groups excluding carboxylic acids is 1. The van der Waals surface area contributed by atoms with E-state index in [1.54, 1.807) is 0 Å². The lowest BCUT2D eigenvalue weighted by Gasteiger charge is -2.42. The average Bonchev–Trinajstić information content (AvgIpc) is 2.42. The summed E-state index contributed by atoms with van der Waals surface area (Å²) in [7, 11) is 0. The summed E-state index contributed by atoms with van der Waals surface area (Å²) in [5.74, 6) is 1.90. The van der Waals surface area contributed by atoms with Gasteiger partial charge in [0, 0.05) is 6.04 Å². The topological polar surface area (TPSA) is 29.5 Å². The molecule has 0 amide bonds. The molecule has 3 heteroatoms. The highest BCUT2D eigenvalue weighted by atomic mass is 16.5. The van der Waals surface area contributed by atoms with Crippen molar-refractivity contribution in [1.29, 1.82) is 0 Å². The largest absolute Gasteiger partial charge is 0.466 e. The van der Waals surface area contributed by atoms with Crippen molar-refractivity contribution in [2.24, 2.45) is 17.8 Å². The highest BCUT2D eigenvalue weighted by Crippen LogP contribution is 2.33. The minimum Gasteiger partial charge on any atom is -0.466 e. The summed E-state index contributed by atoms with van der Waals surface area (Å²) in [5.41, 5.74) is 0. The predicted molar refractivity (Wildman–Crippen MR) is 76.9 cm³/mol. The molecule has 2 rings (SSSR count). The lowest BCUT2D eigenvalue weighted by Crippen LogP contribution is -2.45. The van der Waals surface area contributed by atoms with Gasteiger partial charge in [0.05, 0.1) is 12.5 Å². The van der Waals surface area contributed by atoms with E-state index in [2.05, 4.69) is 18.7 Å². The summed E-state index contributed by atoms with van der Waals surface area (Å²) in [6.45, 7) is 9.33. The minimum atomic E-state index is 0.0211. The van der Waals surface area contributed by atoms with Gasteiger partial charge >= 0.3 is 5.97 Å². The van der Waals surface area contributed by atoms with Crippen LogP contribution < -0.4 is 0 Å². The first-order chi connectivity index (χ1) is 9.11. The quantitative estimate of drug-likeness (QED) is 0.736. The van der Waals surface area contributed by atoms with Crippen LogP contribution in [0.15, 0.2) is 0 Å². The number of piperidine rings is 1. The van der Waals surface area contributed by atoms with Crippen LogP contribution in [0.3, 0.4) is 0 Å². The number of carbonyl (C=O) groups is 1. The Bertz CT molecular complexity index is 297. The Labute approximate surface area is 117 Å². The van der Waals surface area contributed by atoms with E-state index in [-0.39, 0.29) is 11.9 Å². The van der Waals surface area contributed by atoms with Crippen LogP contribution in [-0.4, -0.2) is 36.6 Å². The van der Waals surface area contributed by atoms with Crippen molar-refractivity contribution in [2.45, 2.75) is 58.9 Å². The van der Waals surface area contributed by atoms with E-state index in [1.807, 2.05) is 6.92 Å². The number of hydrogen-bond donors (Lipinski definition) is 0. The zero-order valence-corrected chi connectivity index (χ0v) is 12.7. The summed E-state index contributed by atoms with van der Waals surface area (Å²) in [5, 5.41) is 0. The lowest BCUT2D eigenvalue weighted by molar-refractivity contribution is -0.149. The van der Waals surface area contributed by atoms with Crippen LogP contribution in [0.25, 0.3) is 0 Å². The molecular formula is C16H29NO2. The summed E-state index contributed by atoms with van der Waals surface area (Å²) >= 11 is 0. The van der Waals surface area contributed by atoms with Crippen LogP contribution in [-0.2, 0) is 9.53 Å². The molecule has 1 aliphatic heterocycles. The zero-order chi connectivity index (χ0) is 13.8. The Morgan fingerprint density at radius 1 is 1.11 bits per heavy atom. The van der Waals surface area contributed by atoms with Crippen LogP contribution in [0.1, 0.15) is 52.9 Å². The third-order valence-electron chi connectivity index (χ3n) is 5.24. The molecule has 0 bridgehead atoms. The van der Waals surface area contributed by atoms with Crippen molar-refractivity contribution in [1.82, 2.24) is 4.90 Å². The second kappa shape index (κ2) is 6.74. The Kier molecular flexibility index (Phi) is 5.26. The fraction of sp³-hybridized carbons (Fsp3) is 0.938. The van der Waals surface area contributed by atoms with Gasteiger partial charge in [0.2, 0.25) is 0 Å². The van der Waals surface area contributed by atoms with Crippen LogP contribution in [0, 0.1) is 17.8 Å². The van der Waals surface area contributed by atoms with Gasteiger partial charge in [-0.3, -0.25) is 4.79 Å². The molecule has 1 aliphatic carbocycles. The van der Waals surface area contributed by atoms with Gasteiger partial charge in [0.1, 0.15) is 0 Å². The first-order valence-electron chi connectivity index (χ1n) is 8.02. The average molecular weight is 267 g/mol. The number of nitrogens with zero attached hydrogens (tertiary/aromatic N) is 1. The molecule has 0 radical (unpaired) electrons. The smallest absolute Gasteiger partial charge is 0.309 e. The number of likely N-dealkylation sites (tertiary alicyclic amines) is 1. The maximum absolute atomic E-state index is 11.7. The fourth-order valence-electron chi connectivity index (χ4n) is 3.61. The zero-order valence-electron chi connectivity index (χ0n) is 12.7. The van der Waals surface area contributed by atoms with E-state index < -0.39 is 0 Å². The molecule has 1 heterocycles. The number of esters is 1. The SMILES string of the molecule is CCOC(=O)C1CCN(C2CCC(C)C(C)C2)CC1. The molecule has 3 atom stereocenters. The highest BCUT2D eigenvalue weighted by molar-refractivity contribution is 5.72. The van der Waals surface area contributed by atoms with E-state index in [4.69, 9.17) is 4.74 Å². The maximum atomic E-state index is 11.7. The van der Waals surface area contributed by atoms with Gasteiger partial charge in [-0.1, -0.05) is 13.8 Å². The molecule has 0 N–H and O–H groups in total. The molecule has 2 aliphatic rings. The summed E-state index contributed by atoms with van der Waals surface area (Å²) in [6, 6.07) is 0.759. The van der Waals surface area contributed by atoms with Gasteiger partial charge in [-0.15, -0.1) is 0 Å². The molecule has 3 unspecified atom stereocenters. The Balaban J connectivity index is 1.78. The van der Waals surface area contributed by atoms with Crippen molar-refractivity contribution < 1.29 is 9.53 Å². The minimum absolute atomic E-state index is 0.0211. The first-order valence-corrected chi connectivity index (χ1v) is 8.02. The van der Waals surface area contributed by atoms with Crippen LogP contribution in [0.5, 0.6) is 0 Å². The van der Waals surface area contributed by atoms with Gasteiger partial charge in [-0.2, -0.15) is 0 Å². The normalized spacial score (nSPS) is 34.2. The van der Waals surface area contributed by atoms with Crippen LogP contribution in [0.4, 0.5) is 0 Å². The Hall–Kier alpha value is -0.570. The molecule has 110 valence electrons. The predicted octanol–water partition coefficient (Wildman–Crippen LogP) is 3.09. The van der Waals surface area contributed by atoms with Crippen molar-refractivity contribution in [3.8, 4) is 0 Å². The fourth-order valence-corrected chi connectivity index (χ4v) is 3.61. The second-order valence-corrected chi connectivity index (χ2v) is 6.48. The summed E-state index contributed by atoms with van der Waals surface area (Å²) < 4.78 is 5.14. The van der Waals surface area contributed by atoms with Crippen molar-refractivity contribution in [3.63, 3.8) is 0 Å². The van der Waals surface area contributed by atoms with Gasteiger partial charge < -0.3 is 9.64 Å². The second-order valence-electron chi connectivity index (χ2n) is 6.48. The molecule has 3 nitrogen and oxygen atoms in total. The van der Waals surface area contributed by atoms with E-state index in [0.717, 1.165) is 43.8 Å². The van der Waals surface area contributed by atoms with Crippen LogP contribution in [0.2, 0.25) is 0 Å². The standard InChI is InChI=1S/C16H29NO2/c1-4-19-16(18)14-7-9-17(10-8-14)15-6-5-12(2)13(3)11-15/h12-15H,4-11H2,1-3H3. The molecular weight excluding hydrogens is 238 g/mol. The Morgan fingerprint density at radius 2 is 1.79 bits per heavy atom. The van der Waals surface area contributed by atoms with E-state index in [1.165, 1.54) is 19.3 Å². The third-order valence-corrected chi connectivity index (χ3v) is 5.24. The summed E-state index contributed by atoms with van der Waals surface area (Å²) in [4.78, 5) is 14.4. The van der Waals surface area contributed by atoms with E-state index in [0.29, 0.717) is 6.61 Å². The van der Waals surface area contributed by atoms with Gasteiger partial charge in [-0.25, -0.2) is 0 Å². The van der Waals surface area contributed by atoms with Crippen molar-refractivity contribution in [3.05, 3.63) is 0 Å². The molecule has 1 saturated carbocycles. The molecule has 0 spiro atoms. The summed E-state index contributed by atoms with van der Waals surface area (Å²) in [6.07, 6.45) is 6.02. The highest BCUT2D eigenvalue weighted by Gasteiger charge is 2.32. The first kappa shape index (κ1) is 14.8. The van der Waals surface area contributed by atoms with E-state index >= 15 is 0 Å². The van der Waals surface area contributed by atoms with E-state index in [9.17, 15) is 4.79 Å². The molecule has 19 heavy (non-hydrogen) atoms. The lowest BCUT2D eigenvalue weighted by atomic mass is 9.78. The Morgan fingerprint density at radius 3 is 2.37 bits per heavy atom. The van der Waals surface area contributed by atoms with Gasteiger partial charge in [-0.05, 0) is 64.0 Å². The third kappa shape index (κ3) is 3.71. The monoisotopic (exact) mass is 267 g/mol. The number of rotatable bonds is 3.